The summed E-state index contributed by atoms with van der Waals surface area (Å²) in [6.07, 6.45) is -1.52. The summed E-state index contributed by atoms with van der Waals surface area (Å²) in [7, 11) is 2.15. The summed E-state index contributed by atoms with van der Waals surface area (Å²) < 4.78 is 47.7. The number of thiophene rings is 1. The van der Waals surface area contributed by atoms with E-state index in [1.54, 1.807) is 12.1 Å². The van der Waals surface area contributed by atoms with Crippen LogP contribution >= 0.6 is 11.3 Å². The highest BCUT2D eigenvalue weighted by molar-refractivity contribution is 7.12. The van der Waals surface area contributed by atoms with Gasteiger partial charge in [0, 0.05) is 31.7 Å². The average Bonchev–Trinajstić information content (AvgIpc) is 3.52. The number of benzene rings is 1. The van der Waals surface area contributed by atoms with Gasteiger partial charge in [0.2, 0.25) is 0 Å². The zero-order valence-electron chi connectivity index (χ0n) is 19.3. The number of carboxylic acid groups (broad SMARTS) is 1. The molecular formula is C24H24F4N4O3S. The van der Waals surface area contributed by atoms with Gasteiger partial charge in [-0.15, -0.1) is 11.3 Å². The summed E-state index contributed by atoms with van der Waals surface area (Å²) in [5.41, 5.74) is 1.63. The Morgan fingerprint density at radius 1 is 1.08 bits per heavy atom. The van der Waals surface area contributed by atoms with E-state index in [2.05, 4.69) is 16.5 Å². The lowest BCUT2D eigenvalue weighted by atomic mass is 9.83. The molecule has 1 aromatic carbocycles. The number of fused-ring (bicyclic) bond motifs is 2. The third-order valence-electron chi connectivity index (χ3n) is 6.63. The van der Waals surface area contributed by atoms with Crippen LogP contribution in [0.15, 0.2) is 48.0 Å². The molecule has 0 atom stereocenters. The van der Waals surface area contributed by atoms with Crippen molar-refractivity contribution in [3.05, 3.63) is 64.5 Å². The van der Waals surface area contributed by atoms with Crippen molar-refractivity contribution in [3.63, 3.8) is 0 Å². The van der Waals surface area contributed by atoms with Crippen LogP contribution in [0.1, 0.15) is 28.3 Å². The second-order valence-electron chi connectivity index (χ2n) is 8.65. The number of imidazole rings is 1. The predicted molar refractivity (Wildman–Crippen MR) is 125 cm³/mol. The fraction of sp³-hybridized carbons (Fsp3) is 0.375. The molecule has 7 nitrogen and oxygen atoms in total. The number of likely N-dealkylation sites (tertiary alicyclic amines) is 1. The molecule has 0 unspecified atom stereocenters. The van der Waals surface area contributed by atoms with Gasteiger partial charge in [-0.3, -0.25) is 9.69 Å². The highest BCUT2D eigenvalue weighted by atomic mass is 32.1. The van der Waals surface area contributed by atoms with Gasteiger partial charge in [-0.05, 0) is 43.5 Å². The largest absolute Gasteiger partial charge is 0.490 e. The van der Waals surface area contributed by atoms with Gasteiger partial charge in [0.1, 0.15) is 11.6 Å². The minimum Gasteiger partial charge on any atom is -0.475 e. The van der Waals surface area contributed by atoms with Crippen molar-refractivity contribution < 1.29 is 32.3 Å². The van der Waals surface area contributed by atoms with Gasteiger partial charge >= 0.3 is 12.1 Å². The summed E-state index contributed by atoms with van der Waals surface area (Å²) >= 11 is 1.49. The Labute approximate surface area is 208 Å². The number of piperidine rings is 1. The number of alkyl halides is 3. The van der Waals surface area contributed by atoms with Gasteiger partial charge in [-0.25, -0.2) is 14.2 Å². The van der Waals surface area contributed by atoms with Gasteiger partial charge in [0.05, 0.1) is 22.3 Å². The molecule has 12 heteroatoms. The summed E-state index contributed by atoms with van der Waals surface area (Å²) in [4.78, 5) is 31.6. The lowest BCUT2D eigenvalue weighted by Gasteiger charge is -2.49. The number of hydrogen-bond acceptors (Lipinski definition) is 5. The molecule has 2 aliphatic heterocycles. The van der Waals surface area contributed by atoms with Gasteiger partial charge in [-0.2, -0.15) is 13.2 Å². The Morgan fingerprint density at radius 3 is 2.36 bits per heavy atom. The van der Waals surface area contributed by atoms with Gasteiger partial charge in [0.25, 0.3) is 5.91 Å². The highest BCUT2D eigenvalue weighted by Crippen LogP contribution is 2.41. The van der Waals surface area contributed by atoms with Crippen LogP contribution in [-0.2, 0) is 16.9 Å². The number of rotatable bonds is 2. The first-order valence-electron chi connectivity index (χ1n) is 11.2. The van der Waals surface area contributed by atoms with Gasteiger partial charge < -0.3 is 14.6 Å². The van der Waals surface area contributed by atoms with Crippen LogP contribution in [0, 0.1) is 5.82 Å². The van der Waals surface area contributed by atoms with E-state index in [4.69, 9.17) is 14.9 Å². The summed E-state index contributed by atoms with van der Waals surface area (Å²) in [6, 6.07) is 10.5. The SMILES string of the molecule is CN1CCn2c(-c3cccc(F)c3)cnc2C12CCN(C(=O)c1cccs1)CC2.O=C(O)C(F)(F)F. The number of halogens is 4. The van der Waals surface area contributed by atoms with Crippen molar-refractivity contribution in [1.82, 2.24) is 19.4 Å². The Morgan fingerprint density at radius 2 is 1.78 bits per heavy atom. The maximum atomic E-state index is 13.8. The van der Waals surface area contributed by atoms with Crippen LogP contribution in [0.4, 0.5) is 17.6 Å². The lowest BCUT2D eigenvalue weighted by Crippen LogP contribution is -2.57. The van der Waals surface area contributed by atoms with E-state index in [9.17, 15) is 22.4 Å². The predicted octanol–water partition coefficient (Wildman–Crippen LogP) is 4.46. The molecule has 1 fully saturated rings. The van der Waals surface area contributed by atoms with Crippen molar-refractivity contribution in [2.45, 2.75) is 31.1 Å². The summed E-state index contributed by atoms with van der Waals surface area (Å²) in [6.45, 7) is 3.16. The molecule has 2 aromatic heterocycles. The maximum Gasteiger partial charge on any atom is 0.490 e. The topological polar surface area (TPSA) is 78.7 Å². The fourth-order valence-corrected chi connectivity index (χ4v) is 5.42. The molecule has 1 amide bonds. The number of carboxylic acids is 1. The molecule has 1 spiro atoms. The van der Waals surface area contributed by atoms with E-state index in [-0.39, 0.29) is 17.3 Å². The van der Waals surface area contributed by atoms with Crippen molar-refractivity contribution in [2.24, 2.45) is 0 Å². The van der Waals surface area contributed by atoms with E-state index in [1.165, 1.54) is 17.4 Å². The van der Waals surface area contributed by atoms with Crippen molar-refractivity contribution >= 4 is 23.2 Å². The van der Waals surface area contributed by atoms with Gasteiger partial charge in [0.15, 0.2) is 0 Å². The molecule has 0 saturated carbocycles. The first-order chi connectivity index (χ1) is 17.0. The van der Waals surface area contributed by atoms with Crippen LogP contribution in [-0.4, -0.2) is 69.2 Å². The Bertz CT molecular complexity index is 1230. The minimum absolute atomic E-state index is 0.122. The van der Waals surface area contributed by atoms with Crippen LogP contribution in [0.2, 0.25) is 0 Å². The number of likely N-dealkylation sites (N-methyl/N-ethyl adjacent to an activating group) is 1. The molecule has 0 radical (unpaired) electrons. The maximum absolute atomic E-state index is 13.8. The molecule has 1 N–H and O–H groups in total. The van der Waals surface area contributed by atoms with Crippen molar-refractivity contribution in [3.8, 4) is 11.3 Å². The van der Waals surface area contributed by atoms with E-state index < -0.39 is 12.1 Å². The van der Waals surface area contributed by atoms with Crippen LogP contribution in [0.5, 0.6) is 0 Å². The van der Waals surface area contributed by atoms with E-state index in [0.29, 0.717) is 13.1 Å². The standard InChI is InChI=1S/C22H23FN4OS.C2HF3O2/c1-25-11-12-27-18(16-4-2-5-17(23)14-16)15-24-21(27)22(25)7-9-26(10-8-22)20(28)19-6-3-13-29-19;3-2(4,5)1(6)7/h2-6,13-15H,7-12H2,1H3;(H,6,7). The lowest BCUT2D eigenvalue weighted by molar-refractivity contribution is -0.192. The number of aliphatic carboxylic acids is 1. The third kappa shape index (κ3) is 5.00. The second-order valence-corrected chi connectivity index (χ2v) is 9.60. The molecular weight excluding hydrogens is 500 g/mol. The number of hydrogen-bond donors (Lipinski definition) is 1. The molecule has 36 heavy (non-hydrogen) atoms. The van der Waals surface area contributed by atoms with E-state index in [0.717, 1.165) is 47.9 Å². The molecule has 0 aliphatic carbocycles. The second kappa shape index (κ2) is 10.0. The van der Waals surface area contributed by atoms with E-state index >= 15 is 0 Å². The summed E-state index contributed by atoms with van der Waals surface area (Å²) in [5.74, 6) is -1.83. The highest BCUT2D eigenvalue weighted by Gasteiger charge is 2.46. The smallest absolute Gasteiger partial charge is 0.475 e. The van der Waals surface area contributed by atoms with Crippen molar-refractivity contribution in [2.75, 3.05) is 26.7 Å². The van der Waals surface area contributed by atoms with Crippen molar-refractivity contribution in [1.29, 1.82) is 0 Å². The molecule has 4 heterocycles. The summed E-state index contributed by atoms with van der Waals surface area (Å²) in [5, 5.41) is 9.07. The minimum atomic E-state index is -5.08. The zero-order valence-corrected chi connectivity index (χ0v) is 20.2. The monoisotopic (exact) mass is 524 g/mol. The molecule has 2 aliphatic rings. The zero-order chi connectivity index (χ0) is 26.1. The molecule has 5 rings (SSSR count). The first-order valence-corrected chi connectivity index (χ1v) is 12.1. The first kappa shape index (κ1) is 25.8. The number of carbonyl (C=O) groups excluding carboxylic acids is 1. The number of carbonyl (C=O) groups is 2. The van der Waals surface area contributed by atoms with Crippen LogP contribution in [0.3, 0.4) is 0 Å². The Balaban J connectivity index is 0.000000384. The third-order valence-corrected chi connectivity index (χ3v) is 7.49. The quantitative estimate of drug-likeness (QED) is 0.501. The molecule has 1 saturated heterocycles. The number of aromatic nitrogens is 2. The van der Waals surface area contributed by atoms with Crippen LogP contribution < -0.4 is 0 Å². The molecule has 192 valence electrons. The Kier molecular flexibility index (Phi) is 7.19. The molecule has 3 aromatic rings. The number of amides is 1. The number of nitrogens with zero attached hydrogens (tertiary/aromatic N) is 4. The average molecular weight is 525 g/mol. The van der Waals surface area contributed by atoms with Gasteiger partial charge in [-0.1, -0.05) is 18.2 Å². The normalized spacial score (nSPS) is 17.3. The van der Waals surface area contributed by atoms with Crippen LogP contribution in [0.25, 0.3) is 11.3 Å². The molecule has 0 bridgehead atoms. The fourth-order valence-electron chi connectivity index (χ4n) is 4.73. The Hall–Kier alpha value is -3.25. The van der Waals surface area contributed by atoms with E-state index in [1.807, 2.05) is 34.7 Å².